The van der Waals surface area contributed by atoms with Crippen LogP contribution in [0.25, 0.3) is 0 Å². The zero-order valence-corrected chi connectivity index (χ0v) is 42.1. The Morgan fingerprint density at radius 3 is 0.955 bits per heavy atom. The molecule has 0 N–H and O–H groups in total. The molecule has 6 heteroatoms. The van der Waals surface area contributed by atoms with Gasteiger partial charge in [0.25, 0.3) is 0 Å². The predicted molar refractivity (Wildman–Crippen MR) is 283 cm³/mol. The summed E-state index contributed by atoms with van der Waals surface area (Å²) in [5.74, 6) is -1.01. The van der Waals surface area contributed by atoms with Crippen LogP contribution >= 0.6 is 0 Å². The number of esters is 3. The van der Waals surface area contributed by atoms with Gasteiger partial charge in [-0.1, -0.05) is 238 Å². The van der Waals surface area contributed by atoms with Crippen molar-refractivity contribution >= 4 is 17.9 Å². The Bertz CT molecular complexity index is 1460. The van der Waals surface area contributed by atoms with Crippen LogP contribution < -0.4 is 0 Å². The van der Waals surface area contributed by atoms with E-state index < -0.39 is 6.10 Å². The van der Waals surface area contributed by atoms with Crippen LogP contribution in [0.4, 0.5) is 0 Å². The zero-order valence-electron chi connectivity index (χ0n) is 42.1. The second kappa shape index (κ2) is 53.2. The second-order valence-corrected chi connectivity index (χ2v) is 16.9. The molecule has 0 heterocycles. The molecule has 6 nitrogen and oxygen atoms in total. The molecule has 0 aromatic rings. The van der Waals surface area contributed by atoms with Crippen molar-refractivity contribution in [1.82, 2.24) is 0 Å². The lowest BCUT2D eigenvalue weighted by atomic mass is 10.1. The van der Waals surface area contributed by atoms with Crippen molar-refractivity contribution in [3.8, 4) is 0 Å². The van der Waals surface area contributed by atoms with Crippen LogP contribution in [-0.4, -0.2) is 37.2 Å². The molecule has 0 spiro atoms. The van der Waals surface area contributed by atoms with Crippen molar-refractivity contribution in [2.45, 2.75) is 213 Å². The lowest BCUT2D eigenvalue weighted by Gasteiger charge is -2.18. The van der Waals surface area contributed by atoms with Crippen LogP contribution in [0.1, 0.15) is 207 Å². The summed E-state index contributed by atoms with van der Waals surface area (Å²) >= 11 is 0. The molecule has 66 heavy (non-hydrogen) atoms. The largest absolute Gasteiger partial charge is 0.462 e. The van der Waals surface area contributed by atoms with Gasteiger partial charge >= 0.3 is 17.9 Å². The number of hydrogen-bond acceptors (Lipinski definition) is 6. The van der Waals surface area contributed by atoms with E-state index in [-0.39, 0.29) is 37.5 Å². The van der Waals surface area contributed by atoms with E-state index in [0.717, 1.165) is 89.9 Å². The fourth-order valence-electron chi connectivity index (χ4n) is 6.70. The van der Waals surface area contributed by atoms with Crippen LogP contribution in [-0.2, 0) is 28.6 Å². The van der Waals surface area contributed by atoms with Gasteiger partial charge in [0.15, 0.2) is 6.10 Å². The Labute approximate surface area is 405 Å². The van der Waals surface area contributed by atoms with E-state index in [0.29, 0.717) is 19.3 Å². The van der Waals surface area contributed by atoms with E-state index >= 15 is 0 Å². The lowest BCUT2D eigenvalue weighted by Crippen LogP contribution is -2.30. The van der Waals surface area contributed by atoms with Gasteiger partial charge < -0.3 is 14.2 Å². The minimum atomic E-state index is -0.821. The molecule has 370 valence electrons. The maximum absolute atomic E-state index is 12.8. The number of carbonyl (C=O) groups excluding carboxylic acids is 3. The smallest absolute Gasteiger partial charge is 0.306 e. The minimum Gasteiger partial charge on any atom is -0.462 e. The number of allylic oxidation sites excluding steroid dienone is 22. The van der Waals surface area contributed by atoms with Gasteiger partial charge in [-0.3, -0.25) is 14.4 Å². The molecular weight excluding hydrogens is 817 g/mol. The van der Waals surface area contributed by atoms with Gasteiger partial charge in [0.1, 0.15) is 13.2 Å². The SMILES string of the molecule is CC\C=C/C=C\C=C/C=C\C=C\C=C/CCCCCC(=O)OCC(COC(=O)CCCCCCCCC\C=C/C=C\C=C/CC)OC(=O)CCCCC/C=C\C=C/CCCCCCCCC. The molecule has 0 bridgehead atoms. The van der Waals surface area contributed by atoms with Gasteiger partial charge in [-0.25, -0.2) is 0 Å². The Kier molecular flexibility index (Phi) is 49.6. The molecule has 0 fully saturated rings. The summed E-state index contributed by atoms with van der Waals surface area (Å²) in [4.78, 5) is 38.0. The van der Waals surface area contributed by atoms with Crippen LogP contribution in [0.5, 0.6) is 0 Å². The van der Waals surface area contributed by atoms with Crippen LogP contribution in [0.2, 0.25) is 0 Å². The van der Waals surface area contributed by atoms with Gasteiger partial charge in [-0.05, 0) is 83.5 Å². The maximum atomic E-state index is 12.8. The number of carbonyl (C=O) groups is 3. The highest BCUT2D eigenvalue weighted by Gasteiger charge is 2.19. The van der Waals surface area contributed by atoms with Crippen molar-refractivity contribution in [2.75, 3.05) is 13.2 Å². The van der Waals surface area contributed by atoms with Crippen LogP contribution in [0, 0.1) is 0 Å². The third-order valence-electron chi connectivity index (χ3n) is 10.6. The van der Waals surface area contributed by atoms with Gasteiger partial charge in [0.05, 0.1) is 0 Å². The summed E-state index contributed by atoms with van der Waals surface area (Å²) in [5.41, 5.74) is 0. The van der Waals surface area contributed by atoms with Crippen molar-refractivity contribution in [1.29, 1.82) is 0 Å². The van der Waals surface area contributed by atoms with Gasteiger partial charge in [-0.15, -0.1) is 0 Å². The zero-order chi connectivity index (χ0) is 47.9. The molecule has 1 unspecified atom stereocenters. The number of hydrogen-bond donors (Lipinski definition) is 0. The maximum Gasteiger partial charge on any atom is 0.306 e. The molecule has 0 aromatic carbocycles. The normalized spacial score (nSPS) is 13.2. The molecule has 0 aliphatic rings. The van der Waals surface area contributed by atoms with Crippen LogP contribution in [0.15, 0.2) is 134 Å². The van der Waals surface area contributed by atoms with Gasteiger partial charge in [0, 0.05) is 19.3 Å². The fourth-order valence-corrected chi connectivity index (χ4v) is 6.70. The first-order valence-corrected chi connectivity index (χ1v) is 26.3. The summed E-state index contributed by atoms with van der Waals surface area (Å²) in [7, 11) is 0. The molecule has 0 radical (unpaired) electrons. The summed E-state index contributed by atoms with van der Waals surface area (Å²) in [6, 6.07) is 0. The Morgan fingerprint density at radius 1 is 0.318 bits per heavy atom. The summed E-state index contributed by atoms with van der Waals surface area (Å²) in [5, 5.41) is 0. The average Bonchev–Trinajstić information content (AvgIpc) is 3.31. The van der Waals surface area contributed by atoms with E-state index in [4.69, 9.17) is 14.2 Å². The van der Waals surface area contributed by atoms with Gasteiger partial charge in [0.2, 0.25) is 0 Å². The highest BCUT2D eigenvalue weighted by Crippen LogP contribution is 2.13. The van der Waals surface area contributed by atoms with Crippen molar-refractivity contribution in [2.24, 2.45) is 0 Å². The third-order valence-corrected chi connectivity index (χ3v) is 10.6. The highest BCUT2D eigenvalue weighted by atomic mass is 16.6. The van der Waals surface area contributed by atoms with Crippen molar-refractivity contribution in [3.05, 3.63) is 134 Å². The fraction of sp³-hybridized carbons (Fsp3) is 0.583. The molecule has 0 aromatic heterocycles. The minimum absolute atomic E-state index is 0.115. The average molecular weight is 911 g/mol. The topological polar surface area (TPSA) is 78.9 Å². The first kappa shape index (κ1) is 61.5. The molecular formula is C60H94O6. The summed E-state index contributed by atoms with van der Waals surface area (Å²) in [6.07, 6.45) is 74.3. The first-order valence-electron chi connectivity index (χ1n) is 26.3. The van der Waals surface area contributed by atoms with Crippen LogP contribution in [0.3, 0.4) is 0 Å². The van der Waals surface area contributed by atoms with E-state index in [1.54, 1.807) is 0 Å². The molecule has 0 aliphatic carbocycles. The number of unbranched alkanes of at least 4 members (excludes halogenated alkanes) is 20. The molecule has 0 rings (SSSR count). The Hall–Kier alpha value is -4.45. The monoisotopic (exact) mass is 911 g/mol. The second-order valence-electron chi connectivity index (χ2n) is 16.9. The number of rotatable bonds is 45. The van der Waals surface area contributed by atoms with Crippen molar-refractivity contribution in [3.63, 3.8) is 0 Å². The summed E-state index contributed by atoms with van der Waals surface area (Å²) < 4.78 is 16.7. The van der Waals surface area contributed by atoms with E-state index in [2.05, 4.69) is 93.7 Å². The highest BCUT2D eigenvalue weighted by molar-refractivity contribution is 5.71. The molecule has 0 saturated heterocycles. The van der Waals surface area contributed by atoms with E-state index in [1.807, 2.05) is 60.8 Å². The van der Waals surface area contributed by atoms with E-state index in [9.17, 15) is 14.4 Å². The standard InChI is InChI=1S/C60H94O6/c1-4-7-10-13-16-19-22-25-28-30-33-35-38-41-44-47-50-53-59(62)65-56-57(55-64-58(61)52-49-46-43-40-37-34-31-27-24-21-18-15-12-9-6-3)66-60(63)54-51-48-45-42-39-36-32-29-26-23-20-17-14-11-8-5-2/h7,9-10,12-13,15-16,18-19,21-22,24-25,28-30,32-33,35-36,38-39,57H,4-6,8,11,14,17,20,23,26-27,31,34,37,40-56H2,1-3H3/b10-7-,12-9-,16-13-,18-15-,22-19-,24-21-,28-25-,32-29-,33-30+,38-35-,39-36-. The van der Waals surface area contributed by atoms with Gasteiger partial charge in [-0.2, -0.15) is 0 Å². The first-order chi connectivity index (χ1) is 32.5. The molecule has 1 atom stereocenters. The Balaban J connectivity index is 4.57. The third kappa shape index (κ3) is 50.5. The summed E-state index contributed by atoms with van der Waals surface area (Å²) in [6.45, 7) is 6.27. The lowest BCUT2D eigenvalue weighted by molar-refractivity contribution is -0.167. The Morgan fingerprint density at radius 2 is 0.591 bits per heavy atom. The molecule has 0 saturated carbocycles. The quantitative estimate of drug-likeness (QED) is 0.0262. The van der Waals surface area contributed by atoms with E-state index in [1.165, 1.54) is 70.6 Å². The molecule has 0 aliphatic heterocycles. The predicted octanol–water partition coefficient (Wildman–Crippen LogP) is 17.5. The number of ether oxygens (including phenoxy) is 3. The van der Waals surface area contributed by atoms with Crippen molar-refractivity contribution < 1.29 is 28.6 Å². The molecule has 0 amide bonds.